The Bertz CT molecular complexity index is 544. The highest BCUT2D eigenvalue weighted by atomic mass is 16.2. The quantitative estimate of drug-likeness (QED) is 0.882. The van der Waals surface area contributed by atoms with Crippen LogP contribution in [0.2, 0.25) is 0 Å². The molecule has 3 nitrogen and oxygen atoms in total. The molecule has 94 valence electrons. The predicted molar refractivity (Wildman–Crippen MR) is 72.5 cm³/mol. The van der Waals surface area contributed by atoms with Crippen LogP contribution in [0.15, 0.2) is 36.5 Å². The molecule has 3 heteroatoms. The number of carbonyl (C=O) groups is 1. The van der Waals surface area contributed by atoms with E-state index in [1.165, 1.54) is 16.7 Å². The fraction of sp³-hybridized carbons (Fsp3) is 0.267. The number of benzene rings is 1. The summed E-state index contributed by atoms with van der Waals surface area (Å²) in [4.78, 5) is 16.7. The summed E-state index contributed by atoms with van der Waals surface area (Å²) < 4.78 is 0. The third kappa shape index (κ3) is 2.62. The van der Waals surface area contributed by atoms with Crippen LogP contribution in [0, 0.1) is 13.8 Å². The summed E-state index contributed by atoms with van der Waals surface area (Å²) in [7, 11) is 1.82. The molecule has 0 radical (unpaired) electrons. The van der Waals surface area contributed by atoms with Gasteiger partial charge in [-0.1, -0.05) is 23.8 Å². The van der Waals surface area contributed by atoms with Gasteiger partial charge in [-0.25, -0.2) is 0 Å². The zero-order valence-electron chi connectivity index (χ0n) is 11.0. The van der Waals surface area contributed by atoms with Gasteiger partial charge in [0.15, 0.2) is 0 Å². The number of H-pyrrole nitrogens is 1. The van der Waals surface area contributed by atoms with Crippen LogP contribution in [0.3, 0.4) is 0 Å². The Morgan fingerprint density at radius 1 is 1.28 bits per heavy atom. The maximum atomic E-state index is 12.1. The van der Waals surface area contributed by atoms with Crippen molar-refractivity contribution in [3.8, 4) is 0 Å². The monoisotopic (exact) mass is 242 g/mol. The van der Waals surface area contributed by atoms with E-state index in [1.807, 2.05) is 13.1 Å². The highest BCUT2D eigenvalue weighted by Gasteiger charge is 2.13. The van der Waals surface area contributed by atoms with E-state index in [-0.39, 0.29) is 5.91 Å². The van der Waals surface area contributed by atoms with Crippen LogP contribution in [0.1, 0.15) is 27.2 Å². The van der Waals surface area contributed by atoms with Crippen LogP contribution >= 0.6 is 0 Å². The summed E-state index contributed by atoms with van der Waals surface area (Å²) in [6.07, 6.45) is 1.76. The van der Waals surface area contributed by atoms with Crippen molar-refractivity contribution in [3.05, 3.63) is 58.9 Å². The van der Waals surface area contributed by atoms with E-state index >= 15 is 0 Å². The minimum Gasteiger partial charge on any atom is -0.357 e. The number of hydrogen-bond donors (Lipinski definition) is 1. The van der Waals surface area contributed by atoms with E-state index in [2.05, 4.69) is 37.0 Å². The second-order valence-electron chi connectivity index (χ2n) is 4.67. The van der Waals surface area contributed by atoms with E-state index in [0.717, 1.165) is 0 Å². The van der Waals surface area contributed by atoms with Crippen molar-refractivity contribution in [1.82, 2.24) is 9.88 Å². The lowest BCUT2D eigenvalue weighted by Gasteiger charge is -2.18. The molecule has 2 rings (SSSR count). The highest BCUT2D eigenvalue weighted by Crippen LogP contribution is 2.13. The molecule has 1 aromatic heterocycles. The zero-order chi connectivity index (χ0) is 13.1. The summed E-state index contributed by atoms with van der Waals surface area (Å²) in [5, 5.41) is 0. The van der Waals surface area contributed by atoms with Crippen molar-refractivity contribution in [2.24, 2.45) is 0 Å². The van der Waals surface area contributed by atoms with Crippen molar-refractivity contribution >= 4 is 5.91 Å². The molecule has 1 heterocycles. The van der Waals surface area contributed by atoms with Gasteiger partial charge in [0.1, 0.15) is 5.69 Å². The standard InChI is InChI=1S/C15H18N2O/c1-11-6-7-13(12(2)9-11)10-17(3)15(18)14-5-4-8-16-14/h4-9,16H,10H2,1-3H3. The molecular weight excluding hydrogens is 224 g/mol. The Hall–Kier alpha value is -2.03. The molecule has 0 fully saturated rings. The number of aromatic nitrogens is 1. The molecule has 0 aliphatic carbocycles. The van der Waals surface area contributed by atoms with Gasteiger partial charge < -0.3 is 9.88 Å². The van der Waals surface area contributed by atoms with E-state index in [1.54, 1.807) is 17.2 Å². The molecule has 0 spiro atoms. The number of aryl methyl sites for hydroxylation is 2. The first kappa shape index (κ1) is 12.4. The second kappa shape index (κ2) is 5.08. The van der Waals surface area contributed by atoms with Crippen molar-refractivity contribution in [2.75, 3.05) is 7.05 Å². The normalized spacial score (nSPS) is 10.4. The van der Waals surface area contributed by atoms with Crippen molar-refractivity contribution in [1.29, 1.82) is 0 Å². The predicted octanol–water partition coefficient (Wildman–Crippen LogP) is 2.90. The van der Waals surface area contributed by atoms with Crippen LogP contribution in [-0.2, 0) is 6.54 Å². The molecule has 0 saturated heterocycles. The average molecular weight is 242 g/mol. The molecule has 0 aliphatic rings. The second-order valence-corrected chi connectivity index (χ2v) is 4.67. The summed E-state index contributed by atoms with van der Waals surface area (Å²) in [5.41, 5.74) is 4.28. The summed E-state index contributed by atoms with van der Waals surface area (Å²) in [6.45, 7) is 4.78. The lowest BCUT2D eigenvalue weighted by Crippen LogP contribution is -2.26. The summed E-state index contributed by atoms with van der Waals surface area (Å²) >= 11 is 0. The fourth-order valence-corrected chi connectivity index (χ4v) is 2.02. The van der Waals surface area contributed by atoms with Crippen molar-refractivity contribution < 1.29 is 4.79 Å². The first-order chi connectivity index (χ1) is 8.58. The van der Waals surface area contributed by atoms with E-state index in [9.17, 15) is 4.79 Å². The maximum Gasteiger partial charge on any atom is 0.270 e. The molecule has 1 aromatic carbocycles. The molecule has 2 aromatic rings. The molecule has 0 aliphatic heterocycles. The zero-order valence-corrected chi connectivity index (χ0v) is 11.0. The van der Waals surface area contributed by atoms with Gasteiger partial charge in [0.2, 0.25) is 0 Å². The third-order valence-electron chi connectivity index (χ3n) is 3.08. The molecule has 0 bridgehead atoms. The Morgan fingerprint density at radius 2 is 2.06 bits per heavy atom. The number of carbonyl (C=O) groups excluding carboxylic acids is 1. The number of nitrogens with zero attached hydrogens (tertiary/aromatic N) is 1. The lowest BCUT2D eigenvalue weighted by molar-refractivity contribution is 0.0780. The van der Waals surface area contributed by atoms with Gasteiger partial charge >= 0.3 is 0 Å². The van der Waals surface area contributed by atoms with Crippen LogP contribution in [-0.4, -0.2) is 22.8 Å². The molecular formula is C15H18N2O. The fourth-order valence-electron chi connectivity index (χ4n) is 2.02. The van der Waals surface area contributed by atoms with Crippen LogP contribution in [0.5, 0.6) is 0 Å². The van der Waals surface area contributed by atoms with Crippen LogP contribution < -0.4 is 0 Å². The summed E-state index contributed by atoms with van der Waals surface area (Å²) in [6, 6.07) is 9.93. The largest absolute Gasteiger partial charge is 0.357 e. The van der Waals surface area contributed by atoms with Gasteiger partial charge in [0.25, 0.3) is 5.91 Å². The number of amides is 1. The van der Waals surface area contributed by atoms with Gasteiger partial charge in [-0.2, -0.15) is 0 Å². The van der Waals surface area contributed by atoms with Crippen molar-refractivity contribution in [3.63, 3.8) is 0 Å². The topological polar surface area (TPSA) is 36.1 Å². The van der Waals surface area contributed by atoms with Gasteiger partial charge in [-0.05, 0) is 37.1 Å². The third-order valence-corrected chi connectivity index (χ3v) is 3.08. The van der Waals surface area contributed by atoms with E-state index in [0.29, 0.717) is 12.2 Å². The van der Waals surface area contributed by atoms with Crippen molar-refractivity contribution in [2.45, 2.75) is 20.4 Å². The molecule has 0 saturated carbocycles. The number of aromatic amines is 1. The molecule has 1 N–H and O–H groups in total. The number of rotatable bonds is 3. The van der Waals surface area contributed by atoms with E-state index < -0.39 is 0 Å². The van der Waals surface area contributed by atoms with E-state index in [4.69, 9.17) is 0 Å². The molecule has 1 amide bonds. The van der Waals surface area contributed by atoms with Gasteiger partial charge in [-0.15, -0.1) is 0 Å². The number of nitrogens with one attached hydrogen (secondary N) is 1. The number of hydrogen-bond acceptors (Lipinski definition) is 1. The lowest BCUT2D eigenvalue weighted by atomic mass is 10.1. The van der Waals surface area contributed by atoms with Gasteiger partial charge in [0.05, 0.1) is 0 Å². The molecule has 0 atom stereocenters. The Labute approximate surface area is 107 Å². The van der Waals surface area contributed by atoms with Gasteiger partial charge in [0, 0.05) is 19.8 Å². The first-order valence-corrected chi connectivity index (χ1v) is 6.03. The minimum absolute atomic E-state index is 0.0139. The molecule has 18 heavy (non-hydrogen) atoms. The maximum absolute atomic E-state index is 12.1. The van der Waals surface area contributed by atoms with Crippen LogP contribution in [0.25, 0.3) is 0 Å². The SMILES string of the molecule is Cc1ccc(CN(C)C(=O)c2ccc[nH]2)c(C)c1. The Morgan fingerprint density at radius 3 is 2.67 bits per heavy atom. The smallest absolute Gasteiger partial charge is 0.270 e. The minimum atomic E-state index is 0.0139. The Kier molecular flexibility index (Phi) is 3.51. The summed E-state index contributed by atoms with van der Waals surface area (Å²) in [5.74, 6) is 0.0139. The van der Waals surface area contributed by atoms with Gasteiger partial charge in [-0.3, -0.25) is 4.79 Å². The Balaban J connectivity index is 2.11. The molecule has 0 unspecified atom stereocenters. The first-order valence-electron chi connectivity index (χ1n) is 6.03. The van der Waals surface area contributed by atoms with Crippen LogP contribution in [0.4, 0.5) is 0 Å². The highest BCUT2D eigenvalue weighted by molar-refractivity contribution is 5.92. The average Bonchev–Trinajstić information content (AvgIpc) is 2.85.